The van der Waals surface area contributed by atoms with Crippen molar-refractivity contribution < 1.29 is 24.2 Å². The number of para-hydroxylation sites is 1. The Balaban J connectivity index is 1.53. The Labute approximate surface area is 179 Å². The van der Waals surface area contributed by atoms with Crippen LogP contribution in [-0.4, -0.2) is 41.4 Å². The van der Waals surface area contributed by atoms with Crippen LogP contribution in [0, 0.1) is 3.57 Å². The number of halogens is 1. The van der Waals surface area contributed by atoms with Crippen molar-refractivity contribution in [3.8, 4) is 11.5 Å². The Kier molecular flexibility index (Phi) is 6.95. The predicted octanol–water partition coefficient (Wildman–Crippen LogP) is 2.83. The third-order valence-electron chi connectivity index (χ3n) is 3.66. The minimum absolute atomic E-state index is 0.202. The lowest BCUT2D eigenvalue weighted by Crippen LogP contribution is -2.24. The number of amides is 1. The van der Waals surface area contributed by atoms with E-state index in [0.29, 0.717) is 17.0 Å². The highest BCUT2D eigenvalue weighted by Gasteiger charge is 2.07. The molecule has 1 aromatic heterocycles. The van der Waals surface area contributed by atoms with Crippen LogP contribution in [0.3, 0.4) is 0 Å². The Hall–Kier alpha value is -3.21. The van der Waals surface area contributed by atoms with E-state index in [1.165, 1.54) is 6.21 Å². The highest BCUT2D eigenvalue weighted by molar-refractivity contribution is 14.1. The monoisotopic (exact) mass is 505 g/mol. The largest absolute Gasteiger partial charge is 0.481 e. The van der Waals surface area contributed by atoms with Gasteiger partial charge in [0.05, 0.1) is 9.78 Å². The average molecular weight is 505 g/mol. The number of aliphatic carboxylic acids is 1. The molecule has 0 spiro atoms. The molecule has 3 aromatic rings. The molecule has 9 heteroatoms. The molecular weight excluding hydrogens is 489 g/mol. The summed E-state index contributed by atoms with van der Waals surface area (Å²) >= 11 is 2.03. The topological polar surface area (TPSA) is 110 Å². The van der Waals surface area contributed by atoms with E-state index in [2.05, 4.69) is 15.5 Å². The van der Waals surface area contributed by atoms with Crippen LogP contribution in [0.4, 0.5) is 0 Å². The van der Waals surface area contributed by atoms with Crippen LogP contribution in [0.15, 0.2) is 59.8 Å². The molecule has 0 radical (unpaired) electrons. The number of carbonyl (C=O) groups is 2. The molecule has 0 aliphatic carbocycles. The maximum atomic E-state index is 12.0. The van der Waals surface area contributed by atoms with Gasteiger partial charge in [-0.1, -0.05) is 18.2 Å². The number of hydrogen-bond donors (Lipinski definition) is 2. The van der Waals surface area contributed by atoms with E-state index in [0.717, 1.165) is 14.5 Å². The Morgan fingerprint density at radius 1 is 1.10 bits per heavy atom. The Morgan fingerprint density at radius 3 is 2.69 bits per heavy atom. The lowest BCUT2D eigenvalue weighted by Gasteiger charge is -2.07. The lowest BCUT2D eigenvalue weighted by atomic mass is 10.2. The Morgan fingerprint density at radius 2 is 1.90 bits per heavy atom. The van der Waals surface area contributed by atoms with Crippen LogP contribution < -0.4 is 14.9 Å². The average Bonchev–Trinajstić information content (AvgIpc) is 2.71. The maximum Gasteiger partial charge on any atom is 0.341 e. The number of rotatable bonds is 8. The van der Waals surface area contributed by atoms with E-state index in [1.807, 2.05) is 46.9 Å². The second kappa shape index (κ2) is 9.82. The van der Waals surface area contributed by atoms with E-state index in [-0.39, 0.29) is 6.61 Å². The van der Waals surface area contributed by atoms with Crippen molar-refractivity contribution in [3.63, 3.8) is 0 Å². The van der Waals surface area contributed by atoms with E-state index < -0.39 is 18.5 Å². The first kappa shape index (κ1) is 20.5. The lowest BCUT2D eigenvalue weighted by molar-refractivity contribution is -0.139. The van der Waals surface area contributed by atoms with Gasteiger partial charge < -0.3 is 14.6 Å². The standard InChI is InChI=1S/C20H16IN3O5/c21-15-9-13(6-7-16(15)29-12-19(26)27)10-23-24-18(25)11-28-17-5-1-3-14-4-2-8-22-20(14)17/h1-10H,11-12H2,(H,24,25)(H,26,27)/b23-10+. The van der Waals surface area contributed by atoms with Gasteiger partial charge in [-0.3, -0.25) is 9.78 Å². The first-order valence-electron chi connectivity index (χ1n) is 8.45. The third-order valence-corrected chi connectivity index (χ3v) is 4.51. The second-order valence-electron chi connectivity index (χ2n) is 5.79. The second-order valence-corrected chi connectivity index (χ2v) is 6.95. The normalized spacial score (nSPS) is 10.8. The molecule has 0 saturated carbocycles. The molecule has 0 unspecified atom stereocenters. The number of hydrazone groups is 1. The highest BCUT2D eigenvalue weighted by atomic mass is 127. The summed E-state index contributed by atoms with van der Waals surface area (Å²) in [5.74, 6) is -0.471. The van der Waals surface area contributed by atoms with Crippen molar-refractivity contribution in [2.75, 3.05) is 13.2 Å². The van der Waals surface area contributed by atoms with Crippen molar-refractivity contribution >= 4 is 51.6 Å². The number of fused-ring (bicyclic) bond motifs is 1. The molecule has 0 bridgehead atoms. The van der Waals surface area contributed by atoms with Crippen LogP contribution >= 0.6 is 22.6 Å². The molecule has 2 N–H and O–H groups in total. The number of nitrogens with one attached hydrogen (secondary N) is 1. The smallest absolute Gasteiger partial charge is 0.341 e. The van der Waals surface area contributed by atoms with Crippen molar-refractivity contribution in [1.29, 1.82) is 0 Å². The molecular formula is C20H16IN3O5. The van der Waals surface area contributed by atoms with Gasteiger partial charge in [-0.2, -0.15) is 5.10 Å². The molecule has 2 aromatic carbocycles. The molecule has 29 heavy (non-hydrogen) atoms. The number of benzene rings is 2. The summed E-state index contributed by atoms with van der Waals surface area (Å²) in [5.41, 5.74) is 3.80. The van der Waals surface area contributed by atoms with Crippen LogP contribution in [0.5, 0.6) is 11.5 Å². The van der Waals surface area contributed by atoms with Crippen LogP contribution in [0.1, 0.15) is 5.56 Å². The number of carboxylic acids is 1. The van der Waals surface area contributed by atoms with E-state index >= 15 is 0 Å². The summed E-state index contributed by atoms with van der Waals surface area (Å²) in [7, 11) is 0. The fourth-order valence-electron chi connectivity index (χ4n) is 2.40. The number of carboxylic acid groups (broad SMARTS) is 1. The summed E-state index contributed by atoms with van der Waals surface area (Å²) in [4.78, 5) is 26.8. The summed E-state index contributed by atoms with van der Waals surface area (Å²) in [6.45, 7) is -0.613. The number of hydrogen-bond acceptors (Lipinski definition) is 6. The van der Waals surface area contributed by atoms with E-state index in [9.17, 15) is 9.59 Å². The number of nitrogens with zero attached hydrogens (tertiary/aromatic N) is 2. The fraction of sp³-hybridized carbons (Fsp3) is 0.100. The number of aromatic nitrogens is 1. The molecule has 0 fully saturated rings. The minimum atomic E-state index is -1.05. The van der Waals surface area contributed by atoms with Crippen molar-refractivity contribution in [3.05, 3.63) is 63.9 Å². The molecule has 0 atom stereocenters. The van der Waals surface area contributed by atoms with E-state index in [4.69, 9.17) is 14.6 Å². The van der Waals surface area contributed by atoms with Gasteiger partial charge in [-0.05, 0) is 58.5 Å². The van der Waals surface area contributed by atoms with E-state index in [1.54, 1.807) is 30.5 Å². The summed E-state index contributed by atoms with van der Waals surface area (Å²) in [6, 6.07) is 14.4. The molecule has 0 aliphatic rings. The van der Waals surface area contributed by atoms with Gasteiger partial charge in [0.15, 0.2) is 13.2 Å². The quantitative estimate of drug-likeness (QED) is 0.277. The first-order chi connectivity index (χ1) is 14.0. The Bertz CT molecular complexity index is 1070. The zero-order valence-electron chi connectivity index (χ0n) is 15.0. The third kappa shape index (κ3) is 5.88. The number of ether oxygens (including phenoxy) is 2. The molecule has 3 rings (SSSR count). The highest BCUT2D eigenvalue weighted by Crippen LogP contribution is 2.23. The van der Waals surface area contributed by atoms with Gasteiger partial charge in [-0.15, -0.1) is 0 Å². The van der Waals surface area contributed by atoms with Crippen molar-refractivity contribution in [2.45, 2.75) is 0 Å². The summed E-state index contributed by atoms with van der Waals surface area (Å²) in [6.07, 6.45) is 3.14. The van der Waals surface area contributed by atoms with Crippen molar-refractivity contribution in [1.82, 2.24) is 10.4 Å². The molecule has 1 amide bonds. The van der Waals surface area contributed by atoms with Gasteiger partial charge in [0, 0.05) is 11.6 Å². The zero-order valence-corrected chi connectivity index (χ0v) is 17.2. The van der Waals surface area contributed by atoms with Gasteiger partial charge in [0.25, 0.3) is 5.91 Å². The number of pyridine rings is 1. The van der Waals surface area contributed by atoms with Crippen molar-refractivity contribution in [2.24, 2.45) is 5.10 Å². The van der Waals surface area contributed by atoms with Crippen LogP contribution in [0.2, 0.25) is 0 Å². The van der Waals surface area contributed by atoms with Gasteiger partial charge in [0.1, 0.15) is 17.0 Å². The van der Waals surface area contributed by atoms with Crippen LogP contribution in [0.25, 0.3) is 10.9 Å². The SMILES string of the molecule is O=C(O)COc1ccc(/C=N/NC(=O)COc2cccc3cccnc23)cc1I. The van der Waals surface area contributed by atoms with Gasteiger partial charge in [-0.25, -0.2) is 10.2 Å². The minimum Gasteiger partial charge on any atom is -0.481 e. The molecule has 8 nitrogen and oxygen atoms in total. The number of carbonyl (C=O) groups excluding carboxylic acids is 1. The maximum absolute atomic E-state index is 12.0. The molecule has 1 heterocycles. The van der Waals surface area contributed by atoms with Gasteiger partial charge >= 0.3 is 5.97 Å². The van der Waals surface area contributed by atoms with Gasteiger partial charge in [0.2, 0.25) is 0 Å². The fourth-order valence-corrected chi connectivity index (χ4v) is 3.10. The first-order valence-corrected chi connectivity index (χ1v) is 9.53. The summed E-state index contributed by atoms with van der Waals surface area (Å²) < 4.78 is 11.4. The molecule has 0 aliphatic heterocycles. The predicted molar refractivity (Wildman–Crippen MR) is 115 cm³/mol. The zero-order chi connectivity index (χ0) is 20.6. The molecule has 148 valence electrons. The summed E-state index contributed by atoms with van der Waals surface area (Å²) in [5, 5.41) is 13.5. The van der Waals surface area contributed by atoms with Crippen LogP contribution in [-0.2, 0) is 9.59 Å². The molecule has 0 saturated heterocycles.